The zero-order chi connectivity index (χ0) is 23.3. The molecule has 0 radical (unpaired) electrons. The molecule has 1 fully saturated rings. The Labute approximate surface area is 182 Å². The molecule has 1 unspecified atom stereocenters. The first-order valence-corrected chi connectivity index (χ1v) is 9.73. The minimum absolute atomic E-state index is 0.00457. The van der Waals surface area contributed by atoms with Crippen molar-refractivity contribution in [2.75, 3.05) is 39.2 Å². The molecule has 0 spiro atoms. The minimum Gasteiger partial charge on any atom is -0.481 e. The van der Waals surface area contributed by atoms with E-state index in [1.54, 1.807) is 12.0 Å². The number of aliphatic carboxylic acids is 2. The van der Waals surface area contributed by atoms with E-state index in [4.69, 9.17) is 24.1 Å². The molecule has 3 rings (SSSR count). The lowest BCUT2D eigenvalue weighted by Gasteiger charge is -2.16. The van der Waals surface area contributed by atoms with Crippen molar-refractivity contribution in [1.29, 1.82) is 0 Å². The number of aryl methyl sites for hydroxylation is 1. The van der Waals surface area contributed by atoms with Gasteiger partial charge in [0.1, 0.15) is 6.54 Å². The van der Waals surface area contributed by atoms with Crippen LogP contribution in [0, 0.1) is 0 Å². The minimum atomic E-state index is -1.12. The second kappa shape index (κ2) is 10.0. The number of hydrogen-bond acceptors (Lipinski definition) is 10. The molecule has 2 aromatic heterocycles. The first-order valence-electron chi connectivity index (χ1n) is 9.73. The molecule has 2 aromatic rings. The summed E-state index contributed by atoms with van der Waals surface area (Å²) < 4.78 is 15.9. The van der Waals surface area contributed by atoms with Gasteiger partial charge in [-0.15, -0.1) is 10.2 Å². The van der Waals surface area contributed by atoms with E-state index in [0.29, 0.717) is 25.1 Å². The van der Waals surface area contributed by atoms with Gasteiger partial charge < -0.3 is 34.3 Å². The lowest BCUT2D eigenvalue weighted by atomic mass is 10.1. The fourth-order valence-corrected chi connectivity index (χ4v) is 3.23. The van der Waals surface area contributed by atoms with Crippen LogP contribution in [0.1, 0.15) is 28.9 Å². The van der Waals surface area contributed by atoms with Crippen LogP contribution in [0.5, 0.6) is 5.88 Å². The zero-order valence-corrected chi connectivity index (χ0v) is 17.5. The summed E-state index contributed by atoms with van der Waals surface area (Å²) in [4.78, 5) is 40.5. The van der Waals surface area contributed by atoms with Crippen LogP contribution in [-0.4, -0.2) is 88.1 Å². The summed E-state index contributed by atoms with van der Waals surface area (Å²) in [5, 5.41) is 28.5. The monoisotopic (exact) mass is 449 g/mol. The molecule has 1 saturated heterocycles. The largest absolute Gasteiger partial charge is 0.481 e. The number of carbonyl (C=O) groups excluding carboxylic acids is 1. The number of carboxylic acids is 2. The van der Waals surface area contributed by atoms with Crippen molar-refractivity contribution in [3.63, 3.8) is 0 Å². The smallest absolute Gasteiger partial charge is 0.322 e. The first-order chi connectivity index (χ1) is 15.3. The molecule has 0 aliphatic carbocycles. The number of likely N-dealkylation sites (tertiary alicyclic amines) is 1. The molecule has 13 nitrogen and oxygen atoms in total. The van der Waals surface area contributed by atoms with E-state index in [1.165, 1.54) is 13.2 Å². The summed E-state index contributed by atoms with van der Waals surface area (Å²) in [6.07, 6.45) is 0.490. The first kappa shape index (κ1) is 22.9. The van der Waals surface area contributed by atoms with Crippen LogP contribution in [0.3, 0.4) is 0 Å². The number of rotatable bonds is 10. The van der Waals surface area contributed by atoms with Crippen LogP contribution in [0.4, 0.5) is 5.88 Å². The summed E-state index contributed by atoms with van der Waals surface area (Å²) >= 11 is 0. The van der Waals surface area contributed by atoms with E-state index in [1.807, 2.05) is 0 Å². The van der Waals surface area contributed by atoms with Crippen molar-refractivity contribution in [3.05, 3.63) is 17.3 Å². The SMILES string of the molecule is COc1nc(-c2nnc(C(=O)N3CCC(OC)C3)cc2CCC(=O)O)oc1NCC(=O)O. The average molecular weight is 449 g/mol. The Morgan fingerprint density at radius 1 is 1.25 bits per heavy atom. The van der Waals surface area contributed by atoms with Gasteiger partial charge >= 0.3 is 11.9 Å². The fraction of sp³-hybridized carbons (Fsp3) is 0.474. The lowest BCUT2D eigenvalue weighted by Crippen LogP contribution is -2.31. The molecule has 3 N–H and O–H groups in total. The number of hydrogen-bond donors (Lipinski definition) is 3. The van der Waals surface area contributed by atoms with Crippen molar-refractivity contribution in [2.24, 2.45) is 0 Å². The molecule has 13 heteroatoms. The maximum Gasteiger partial charge on any atom is 0.322 e. The number of nitrogens with one attached hydrogen (secondary N) is 1. The number of ether oxygens (including phenoxy) is 2. The van der Waals surface area contributed by atoms with Gasteiger partial charge in [-0.1, -0.05) is 0 Å². The fourth-order valence-electron chi connectivity index (χ4n) is 3.23. The summed E-state index contributed by atoms with van der Waals surface area (Å²) in [5.41, 5.74) is 0.580. The number of methoxy groups -OCH3 is 2. The Kier molecular flexibility index (Phi) is 7.20. The topological polar surface area (TPSA) is 177 Å². The predicted octanol–water partition coefficient (Wildman–Crippen LogP) is 0.515. The van der Waals surface area contributed by atoms with Crippen LogP contribution in [0.15, 0.2) is 10.5 Å². The second-order valence-electron chi connectivity index (χ2n) is 7.00. The molecule has 1 amide bonds. The summed E-state index contributed by atoms with van der Waals surface area (Å²) in [5.74, 6) is -2.57. The van der Waals surface area contributed by atoms with Gasteiger partial charge in [-0.2, -0.15) is 4.98 Å². The maximum atomic E-state index is 12.8. The quantitative estimate of drug-likeness (QED) is 0.458. The molecule has 0 bridgehead atoms. The molecule has 3 heterocycles. The van der Waals surface area contributed by atoms with E-state index in [9.17, 15) is 14.4 Å². The summed E-state index contributed by atoms with van der Waals surface area (Å²) in [6.45, 7) is 0.508. The van der Waals surface area contributed by atoms with E-state index in [2.05, 4.69) is 20.5 Å². The van der Waals surface area contributed by atoms with Crippen molar-refractivity contribution in [3.8, 4) is 17.5 Å². The van der Waals surface area contributed by atoms with Gasteiger partial charge in [0, 0.05) is 26.6 Å². The van der Waals surface area contributed by atoms with Crippen LogP contribution in [0.25, 0.3) is 11.6 Å². The molecule has 32 heavy (non-hydrogen) atoms. The third kappa shape index (κ3) is 5.29. The van der Waals surface area contributed by atoms with E-state index < -0.39 is 18.5 Å². The Hall–Kier alpha value is -3.74. The highest BCUT2D eigenvalue weighted by Crippen LogP contribution is 2.32. The molecule has 1 atom stereocenters. The lowest BCUT2D eigenvalue weighted by molar-refractivity contribution is -0.137. The Morgan fingerprint density at radius 2 is 2.03 bits per heavy atom. The van der Waals surface area contributed by atoms with Crippen molar-refractivity contribution in [1.82, 2.24) is 20.1 Å². The van der Waals surface area contributed by atoms with Gasteiger partial charge in [0.05, 0.1) is 13.2 Å². The Balaban J connectivity index is 1.92. The predicted molar refractivity (Wildman–Crippen MR) is 107 cm³/mol. The molecule has 0 saturated carbocycles. The van der Waals surface area contributed by atoms with Gasteiger partial charge in [0.15, 0.2) is 11.4 Å². The van der Waals surface area contributed by atoms with Crippen LogP contribution in [0.2, 0.25) is 0 Å². The molecule has 0 aromatic carbocycles. The number of anilines is 1. The van der Waals surface area contributed by atoms with Gasteiger partial charge in [-0.3, -0.25) is 14.4 Å². The number of oxazole rings is 1. The number of nitrogens with zero attached hydrogens (tertiary/aromatic N) is 4. The molecule has 172 valence electrons. The maximum absolute atomic E-state index is 12.8. The highest BCUT2D eigenvalue weighted by atomic mass is 16.5. The molecule has 1 aliphatic rings. The van der Waals surface area contributed by atoms with E-state index in [-0.39, 0.29) is 53.9 Å². The third-order valence-electron chi connectivity index (χ3n) is 4.86. The van der Waals surface area contributed by atoms with E-state index >= 15 is 0 Å². The van der Waals surface area contributed by atoms with Crippen molar-refractivity contribution >= 4 is 23.7 Å². The highest BCUT2D eigenvalue weighted by molar-refractivity contribution is 5.93. The standard InChI is InChI=1S/C19H23N5O8/c1-30-11-5-6-24(9-11)19(29)12-7-10(3-4-13(25)26)15(23-22-12)16-21-18(31-2)17(32-16)20-8-14(27)28/h7,11,20H,3-6,8-9H2,1-2H3,(H,25,26)(H,27,28). The van der Waals surface area contributed by atoms with Gasteiger partial charge in [0.25, 0.3) is 23.6 Å². The van der Waals surface area contributed by atoms with E-state index in [0.717, 1.165) is 0 Å². The van der Waals surface area contributed by atoms with Gasteiger partial charge in [-0.05, 0) is 24.5 Å². The second-order valence-corrected chi connectivity index (χ2v) is 7.00. The van der Waals surface area contributed by atoms with Crippen LogP contribution < -0.4 is 10.1 Å². The van der Waals surface area contributed by atoms with Gasteiger partial charge in [-0.25, -0.2) is 0 Å². The van der Waals surface area contributed by atoms with Crippen molar-refractivity contribution in [2.45, 2.75) is 25.4 Å². The number of carbonyl (C=O) groups is 3. The summed E-state index contributed by atoms with van der Waals surface area (Å²) in [6, 6.07) is 1.47. The van der Waals surface area contributed by atoms with Crippen LogP contribution in [-0.2, 0) is 20.7 Å². The van der Waals surface area contributed by atoms with Crippen LogP contribution >= 0.6 is 0 Å². The molecular formula is C19H23N5O8. The highest BCUT2D eigenvalue weighted by Gasteiger charge is 2.29. The number of aromatic nitrogens is 3. The molecular weight excluding hydrogens is 426 g/mol. The number of carboxylic acid groups (broad SMARTS) is 2. The van der Waals surface area contributed by atoms with Crippen molar-refractivity contribution < 1.29 is 38.5 Å². The summed E-state index contributed by atoms with van der Waals surface area (Å²) in [7, 11) is 2.91. The average Bonchev–Trinajstić information content (AvgIpc) is 3.42. The Bertz CT molecular complexity index is 1010. The molecule has 1 aliphatic heterocycles. The normalized spacial score (nSPS) is 15.6. The number of amides is 1. The third-order valence-corrected chi connectivity index (χ3v) is 4.86. The zero-order valence-electron chi connectivity index (χ0n) is 17.5. The Morgan fingerprint density at radius 3 is 2.66 bits per heavy atom. The van der Waals surface area contributed by atoms with Gasteiger partial charge in [0.2, 0.25) is 0 Å².